The first-order chi connectivity index (χ1) is 35.7. The summed E-state index contributed by atoms with van der Waals surface area (Å²) in [7, 11) is -11.0. The van der Waals surface area contributed by atoms with Gasteiger partial charge in [-0.1, -0.05) is 179 Å². The molecule has 75 heavy (non-hydrogen) atoms. The van der Waals surface area contributed by atoms with Crippen molar-refractivity contribution in [3.8, 4) is 0 Å². The molecule has 2 rings (SSSR count). The van der Waals surface area contributed by atoms with Crippen LogP contribution < -0.4 is 11.4 Å². The minimum atomic E-state index is -5.52. The lowest BCUT2D eigenvalue weighted by molar-refractivity contribution is -0.161. The number of anilines is 1. The van der Waals surface area contributed by atoms with Gasteiger partial charge < -0.3 is 55.3 Å². The van der Waals surface area contributed by atoms with Crippen LogP contribution >= 0.6 is 15.6 Å². The minimum Gasteiger partial charge on any atom is -0.462 e. The predicted octanol–water partition coefficient (Wildman–Crippen LogP) is 8.11. The Kier molecular flexibility index (Phi) is 35.2. The highest BCUT2D eigenvalue weighted by Crippen LogP contribution is 2.60. The number of aliphatic hydroxyl groups excluding tert-OH is 5. The number of nitrogen functional groups attached to an aromatic ring is 1. The van der Waals surface area contributed by atoms with Gasteiger partial charge in [-0.05, 0) is 37.7 Å². The van der Waals surface area contributed by atoms with Crippen LogP contribution in [0.5, 0.6) is 0 Å². The standard InChI is InChI=1S/C52H89N3O18P2/c1-4-5-22-29-41(56)30-24-19-16-17-20-25-31-43(57)44(58)32-27-34-48(60)71-42(37-68-47(59)33-26-21-15-13-11-9-7-6-8-10-12-14-18-23-28-40(2)3)38-69-74(64,65)73-75(66,67)70-39-45-49(61)50(62)51(72-45)55-36-35-46(53)54-52(55)63/h16-17,19-20,24-25,30-31,35-36,40-45,49-51,56-58,61-62H,4-15,18,21-23,26-29,32-34,37-39H2,1-3H3,(H,64,65)(H,66,67)(H2,53,54,63)/b19-16-,20-17+,30-24+,31-25+/t41-,42+,43-,44-,45+,49+,50+,51+/m0/s1. The quantitative estimate of drug-likeness (QED) is 0.0132. The zero-order chi connectivity index (χ0) is 55.5. The van der Waals surface area contributed by atoms with E-state index < -0.39 is 102 Å². The van der Waals surface area contributed by atoms with E-state index in [9.17, 15) is 58.8 Å². The summed E-state index contributed by atoms with van der Waals surface area (Å²) in [4.78, 5) is 62.0. The fourth-order valence-corrected chi connectivity index (χ4v) is 9.99. The number of aromatic nitrogens is 2. The number of carbonyl (C=O) groups is 2. The molecule has 1 aromatic rings. The maximum Gasteiger partial charge on any atom is 0.481 e. The van der Waals surface area contributed by atoms with Gasteiger partial charge in [0.25, 0.3) is 0 Å². The van der Waals surface area contributed by atoms with Crippen LogP contribution in [0.15, 0.2) is 65.7 Å². The van der Waals surface area contributed by atoms with E-state index in [4.69, 9.17) is 29.0 Å². The molecule has 1 fully saturated rings. The highest BCUT2D eigenvalue weighted by atomic mass is 31.3. The van der Waals surface area contributed by atoms with Crippen LogP contribution in [-0.2, 0) is 46.3 Å². The van der Waals surface area contributed by atoms with Crippen LogP contribution in [0.2, 0.25) is 0 Å². The largest absolute Gasteiger partial charge is 0.481 e. The van der Waals surface area contributed by atoms with E-state index in [0.29, 0.717) is 12.8 Å². The molecule has 10 atom stereocenters. The van der Waals surface area contributed by atoms with Gasteiger partial charge in [0, 0.05) is 19.0 Å². The molecule has 2 unspecified atom stereocenters. The molecular weight excluding hydrogens is 1020 g/mol. The zero-order valence-corrected chi connectivity index (χ0v) is 46.1. The number of unbranched alkanes of at least 4 members (excludes halogenated alkanes) is 15. The molecule has 1 aliphatic heterocycles. The summed E-state index contributed by atoms with van der Waals surface area (Å²) in [5, 5.41) is 51.7. The summed E-state index contributed by atoms with van der Waals surface area (Å²) in [5.41, 5.74) is 4.56. The second kappa shape index (κ2) is 39.0. The van der Waals surface area contributed by atoms with Crippen molar-refractivity contribution in [2.24, 2.45) is 5.92 Å². The number of hydrogen-bond donors (Lipinski definition) is 8. The molecule has 0 spiro atoms. The second-order valence-corrected chi connectivity index (χ2v) is 22.5. The molecule has 0 radical (unpaired) electrons. The van der Waals surface area contributed by atoms with Crippen molar-refractivity contribution in [3.63, 3.8) is 0 Å². The van der Waals surface area contributed by atoms with Gasteiger partial charge in [-0.25, -0.2) is 13.9 Å². The number of esters is 2. The Labute approximate surface area is 443 Å². The van der Waals surface area contributed by atoms with E-state index >= 15 is 0 Å². The average Bonchev–Trinajstić information content (AvgIpc) is 3.63. The van der Waals surface area contributed by atoms with Crippen molar-refractivity contribution < 1.29 is 81.6 Å². The molecule has 0 bridgehead atoms. The molecule has 0 aromatic carbocycles. The first-order valence-electron chi connectivity index (χ1n) is 26.8. The lowest BCUT2D eigenvalue weighted by atomic mass is 10.0. The molecule has 21 nitrogen and oxygen atoms in total. The summed E-state index contributed by atoms with van der Waals surface area (Å²) >= 11 is 0. The third-order valence-corrected chi connectivity index (χ3v) is 14.8. The van der Waals surface area contributed by atoms with Crippen LogP contribution in [0.3, 0.4) is 0 Å². The third-order valence-electron chi connectivity index (χ3n) is 12.2. The van der Waals surface area contributed by atoms with Crippen LogP contribution in [-0.4, -0.2) is 119 Å². The number of carbonyl (C=O) groups excluding carboxylic acids is 2. The fourth-order valence-electron chi connectivity index (χ4n) is 7.88. The van der Waals surface area contributed by atoms with Crippen molar-refractivity contribution in [2.45, 2.75) is 217 Å². The van der Waals surface area contributed by atoms with Gasteiger partial charge in [-0.3, -0.25) is 23.2 Å². The van der Waals surface area contributed by atoms with Gasteiger partial charge in [0.1, 0.15) is 30.7 Å². The maximum atomic E-state index is 12.9. The highest BCUT2D eigenvalue weighted by molar-refractivity contribution is 7.61. The van der Waals surface area contributed by atoms with Crippen LogP contribution in [0, 0.1) is 5.92 Å². The molecule has 1 aromatic heterocycles. The highest BCUT2D eigenvalue weighted by Gasteiger charge is 2.46. The van der Waals surface area contributed by atoms with Gasteiger partial charge in [0.2, 0.25) is 0 Å². The summed E-state index contributed by atoms with van der Waals surface area (Å²) in [6.07, 6.45) is 24.0. The van der Waals surface area contributed by atoms with Gasteiger partial charge >= 0.3 is 33.3 Å². The smallest absolute Gasteiger partial charge is 0.462 e. The molecule has 430 valence electrons. The molecular formula is C52H89N3O18P2. The number of aliphatic hydroxyl groups is 5. The Morgan fingerprint density at radius 2 is 1.27 bits per heavy atom. The minimum absolute atomic E-state index is 0.0314. The predicted molar refractivity (Wildman–Crippen MR) is 284 cm³/mol. The van der Waals surface area contributed by atoms with Crippen molar-refractivity contribution in [3.05, 3.63) is 71.4 Å². The van der Waals surface area contributed by atoms with Gasteiger partial charge in [-0.15, -0.1) is 0 Å². The molecule has 2 heterocycles. The molecule has 9 N–H and O–H groups in total. The first kappa shape index (κ1) is 67.7. The summed E-state index contributed by atoms with van der Waals surface area (Å²) in [5.74, 6) is -0.863. The molecule has 0 saturated carbocycles. The summed E-state index contributed by atoms with van der Waals surface area (Å²) < 4.78 is 56.6. The maximum absolute atomic E-state index is 12.9. The molecule has 1 aliphatic rings. The van der Waals surface area contributed by atoms with Gasteiger partial charge in [0.05, 0.1) is 31.5 Å². The second-order valence-electron chi connectivity index (χ2n) is 19.4. The van der Waals surface area contributed by atoms with Crippen LogP contribution in [0.4, 0.5) is 5.82 Å². The third kappa shape index (κ3) is 32.2. The number of rotatable bonds is 43. The van der Waals surface area contributed by atoms with E-state index in [0.717, 1.165) is 61.6 Å². The number of allylic oxidation sites excluding steroid dienone is 6. The average molecular weight is 1110 g/mol. The SMILES string of the molecule is CCCCC[C@H](O)/C=C/C=C\C=C\C=C\[C@H](O)[C@@H](O)CCCC(=O)O[C@H](COC(=O)CCCCCCCCCCCCCCCCC(C)C)COP(=O)(O)OP(=O)(O)OC[C@H]1O[C@@H](n2ccc(N)nc2=O)[C@H](O)[C@@H]1O. The van der Waals surface area contributed by atoms with Crippen molar-refractivity contribution in [1.29, 1.82) is 0 Å². The topological polar surface area (TPSA) is 326 Å². The van der Waals surface area contributed by atoms with E-state index in [1.807, 2.05) is 0 Å². The van der Waals surface area contributed by atoms with Crippen molar-refractivity contribution in [2.75, 3.05) is 25.6 Å². The number of nitrogens with zero attached hydrogens (tertiary/aromatic N) is 2. The van der Waals surface area contributed by atoms with Gasteiger partial charge in [-0.2, -0.15) is 9.29 Å². The number of nitrogens with two attached hydrogens (primary N) is 1. The van der Waals surface area contributed by atoms with Crippen LogP contribution in [0.25, 0.3) is 0 Å². The van der Waals surface area contributed by atoms with E-state index in [-0.39, 0.29) is 31.5 Å². The molecule has 0 amide bonds. The Morgan fingerprint density at radius 1 is 0.720 bits per heavy atom. The van der Waals surface area contributed by atoms with E-state index in [1.54, 1.807) is 36.5 Å². The Hall–Kier alpha value is -3.40. The Balaban J connectivity index is 1.87. The molecule has 1 saturated heterocycles. The van der Waals surface area contributed by atoms with E-state index in [2.05, 4.69) is 30.1 Å². The summed E-state index contributed by atoms with van der Waals surface area (Å²) in [6.45, 7) is 4.04. The van der Waals surface area contributed by atoms with E-state index in [1.165, 1.54) is 82.4 Å². The van der Waals surface area contributed by atoms with Crippen molar-refractivity contribution in [1.82, 2.24) is 9.55 Å². The van der Waals surface area contributed by atoms with Crippen LogP contribution in [0.1, 0.15) is 175 Å². The number of phosphoric acid groups is 2. The van der Waals surface area contributed by atoms with Crippen molar-refractivity contribution >= 4 is 33.4 Å². The monoisotopic (exact) mass is 1110 g/mol. The molecule has 0 aliphatic carbocycles. The molecule has 23 heteroatoms. The number of phosphoric ester groups is 2. The lowest BCUT2D eigenvalue weighted by Gasteiger charge is -2.21. The lowest BCUT2D eigenvalue weighted by Crippen LogP contribution is -2.36. The number of hydrogen-bond acceptors (Lipinski definition) is 18. The summed E-state index contributed by atoms with van der Waals surface area (Å²) in [6, 6.07) is 1.23. The number of ether oxygens (including phenoxy) is 3. The normalized spacial score (nSPS) is 20.5. The zero-order valence-electron chi connectivity index (χ0n) is 44.3. The van der Waals surface area contributed by atoms with Gasteiger partial charge in [0.15, 0.2) is 12.3 Å². The fraction of sp³-hybridized carbons (Fsp3) is 0.731. The Bertz CT molecular complexity index is 2020. The first-order valence-corrected chi connectivity index (χ1v) is 29.8. The Morgan fingerprint density at radius 3 is 1.87 bits per heavy atom.